The molecule has 0 fully saturated rings. The van der Waals surface area contributed by atoms with E-state index in [2.05, 4.69) is 11.9 Å². The topological polar surface area (TPSA) is 21.3 Å². The fourth-order valence-electron chi connectivity index (χ4n) is 0.644. The maximum atomic E-state index is 5.04. The molecule has 0 radical (unpaired) electrons. The highest BCUT2D eigenvalue weighted by Gasteiger charge is 1.87. The summed E-state index contributed by atoms with van der Waals surface area (Å²) in [6.07, 6.45) is 7.73. The summed E-state index contributed by atoms with van der Waals surface area (Å²) in [5.74, 6) is 0. The first-order chi connectivity index (χ1) is 5.70. The van der Waals surface area contributed by atoms with Crippen molar-refractivity contribution in [2.24, 2.45) is 0 Å². The Morgan fingerprint density at radius 1 is 1.58 bits per heavy atom. The van der Waals surface area contributed by atoms with E-state index in [0.29, 0.717) is 0 Å². The summed E-state index contributed by atoms with van der Waals surface area (Å²) in [4.78, 5) is 0. The van der Waals surface area contributed by atoms with Crippen molar-refractivity contribution >= 4 is 0 Å². The molecule has 0 amide bonds. The summed E-state index contributed by atoms with van der Waals surface area (Å²) in [5.41, 5.74) is 1.06. The Labute approximate surface area is 74.6 Å². The molecule has 0 saturated heterocycles. The van der Waals surface area contributed by atoms with Crippen LogP contribution in [0.5, 0.6) is 0 Å². The number of hydrogen-bond acceptors (Lipinski definition) is 2. The minimum atomic E-state index is 0.165. The molecule has 2 nitrogen and oxygen atoms in total. The van der Waals surface area contributed by atoms with Crippen molar-refractivity contribution in [3.05, 3.63) is 36.7 Å². The second-order valence-electron chi connectivity index (χ2n) is 2.52. The molecule has 2 heteroatoms. The molecule has 0 aliphatic heterocycles. The smallest absolute Gasteiger partial charge is 0.0726 e. The second-order valence-corrected chi connectivity index (χ2v) is 2.52. The molecule has 0 saturated carbocycles. The molecule has 0 bridgehead atoms. The average Bonchev–Trinajstić information content (AvgIpc) is 2.04. The van der Waals surface area contributed by atoms with Crippen LogP contribution in [0.4, 0.5) is 0 Å². The Hall–Kier alpha value is -1.02. The zero-order chi connectivity index (χ0) is 9.40. The van der Waals surface area contributed by atoms with E-state index in [-0.39, 0.29) is 6.10 Å². The van der Waals surface area contributed by atoms with Crippen LogP contribution in [0.25, 0.3) is 0 Å². The number of allylic oxidation sites excluding steroid dienone is 3. The number of hydrogen-bond donors (Lipinski definition) is 1. The number of rotatable bonds is 5. The molecule has 1 atom stereocenters. The molecule has 0 aromatic carbocycles. The van der Waals surface area contributed by atoms with Crippen molar-refractivity contribution in [1.29, 1.82) is 0 Å². The van der Waals surface area contributed by atoms with E-state index in [0.717, 1.165) is 5.70 Å². The summed E-state index contributed by atoms with van der Waals surface area (Å²) in [6, 6.07) is 0. The summed E-state index contributed by atoms with van der Waals surface area (Å²) >= 11 is 0. The lowest BCUT2D eigenvalue weighted by atomic mass is 10.3. The van der Waals surface area contributed by atoms with Crippen molar-refractivity contribution in [3.8, 4) is 0 Å². The Kier molecular flexibility index (Phi) is 6.11. The van der Waals surface area contributed by atoms with Gasteiger partial charge in [0.25, 0.3) is 0 Å². The van der Waals surface area contributed by atoms with Crippen molar-refractivity contribution in [1.82, 2.24) is 5.32 Å². The Balaban J connectivity index is 3.84. The largest absolute Gasteiger partial charge is 0.378 e. The SMILES string of the molecule is C=CN/C(C)=C/C=C\C(C)OC. The highest BCUT2D eigenvalue weighted by Crippen LogP contribution is 1.92. The Bertz CT molecular complexity index is 182. The van der Waals surface area contributed by atoms with Gasteiger partial charge in [0.1, 0.15) is 0 Å². The van der Waals surface area contributed by atoms with Gasteiger partial charge >= 0.3 is 0 Å². The van der Waals surface area contributed by atoms with Gasteiger partial charge in [-0.25, -0.2) is 0 Å². The van der Waals surface area contributed by atoms with Crippen LogP contribution in [0, 0.1) is 0 Å². The van der Waals surface area contributed by atoms with E-state index in [1.165, 1.54) is 0 Å². The molecule has 1 unspecified atom stereocenters. The summed E-state index contributed by atoms with van der Waals surface area (Å²) < 4.78 is 5.04. The van der Waals surface area contributed by atoms with Gasteiger partial charge in [0.05, 0.1) is 6.10 Å². The monoisotopic (exact) mass is 167 g/mol. The van der Waals surface area contributed by atoms with Crippen LogP contribution in [0.1, 0.15) is 13.8 Å². The fourth-order valence-corrected chi connectivity index (χ4v) is 0.644. The molecule has 68 valence electrons. The maximum absolute atomic E-state index is 5.04. The van der Waals surface area contributed by atoms with Gasteiger partial charge in [-0.3, -0.25) is 0 Å². The molecule has 1 N–H and O–H groups in total. The third kappa shape index (κ3) is 5.74. The molecule has 0 aromatic rings. The van der Waals surface area contributed by atoms with Crippen LogP contribution in [0.2, 0.25) is 0 Å². The van der Waals surface area contributed by atoms with E-state index >= 15 is 0 Å². The molecule has 0 aliphatic carbocycles. The quantitative estimate of drug-likeness (QED) is 0.634. The van der Waals surface area contributed by atoms with Gasteiger partial charge < -0.3 is 10.1 Å². The molecular weight excluding hydrogens is 150 g/mol. The van der Waals surface area contributed by atoms with Crippen LogP contribution in [-0.4, -0.2) is 13.2 Å². The first-order valence-electron chi connectivity index (χ1n) is 3.96. The number of nitrogens with one attached hydrogen (secondary N) is 1. The molecule has 12 heavy (non-hydrogen) atoms. The lowest BCUT2D eigenvalue weighted by Gasteiger charge is -2.00. The van der Waals surface area contributed by atoms with Crippen LogP contribution in [0.15, 0.2) is 36.7 Å². The Morgan fingerprint density at radius 2 is 2.25 bits per heavy atom. The average molecular weight is 167 g/mol. The molecule has 0 aromatic heterocycles. The molecule has 0 spiro atoms. The summed E-state index contributed by atoms with van der Waals surface area (Å²) in [5, 5.41) is 2.97. The predicted molar refractivity (Wildman–Crippen MR) is 52.7 cm³/mol. The van der Waals surface area contributed by atoms with Gasteiger partial charge in [0.15, 0.2) is 0 Å². The normalized spacial score (nSPS) is 14.8. The van der Waals surface area contributed by atoms with Gasteiger partial charge in [0.2, 0.25) is 0 Å². The molecule has 0 aliphatic rings. The zero-order valence-corrected chi connectivity index (χ0v) is 8.00. The first-order valence-corrected chi connectivity index (χ1v) is 3.96. The van der Waals surface area contributed by atoms with Crippen molar-refractivity contribution in [3.63, 3.8) is 0 Å². The van der Waals surface area contributed by atoms with Crippen molar-refractivity contribution < 1.29 is 4.74 Å². The van der Waals surface area contributed by atoms with Gasteiger partial charge in [-0.15, -0.1) is 0 Å². The minimum Gasteiger partial charge on any atom is -0.378 e. The molecular formula is C10H17NO. The van der Waals surface area contributed by atoms with Gasteiger partial charge in [-0.05, 0) is 26.1 Å². The highest BCUT2D eigenvalue weighted by atomic mass is 16.5. The van der Waals surface area contributed by atoms with E-state index in [9.17, 15) is 0 Å². The first kappa shape index (κ1) is 11.0. The van der Waals surface area contributed by atoms with Crippen molar-refractivity contribution in [2.75, 3.05) is 7.11 Å². The second kappa shape index (κ2) is 6.68. The molecule has 0 heterocycles. The lowest BCUT2D eigenvalue weighted by Crippen LogP contribution is -2.00. The molecule has 0 rings (SSSR count). The van der Waals surface area contributed by atoms with E-state index in [1.54, 1.807) is 13.3 Å². The third-order valence-corrected chi connectivity index (χ3v) is 1.43. The maximum Gasteiger partial charge on any atom is 0.0726 e. The van der Waals surface area contributed by atoms with Gasteiger partial charge in [-0.2, -0.15) is 0 Å². The minimum absolute atomic E-state index is 0.165. The predicted octanol–water partition coefficient (Wildman–Crippen LogP) is 2.21. The van der Waals surface area contributed by atoms with E-state index in [1.807, 2.05) is 32.1 Å². The Morgan fingerprint density at radius 3 is 2.75 bits per heavy atom. The zero-order valence-electron chi connectivity index (χ0n) is 8.00. The van der Waals surface area contributed by atoms with Crippen LogP contribution in [0.3, 0.4) is 0 Å². The van der Waals surface area contributed by atoms with Crippen LogP contribution >= 0.6 is 0 Å². The highest BCUT2D eigenvalue weighted by molar-refractivity contribution is 5.11. The van der Waals surface area contributed by atoms with Gasteiger partial charge in [0, 0.05) is 12.8 Å². The summed E-state index contributed by atoms with van der Waals surface area (Å²) in [6.45, 7) is 7.52. The standard InChI is InChI=1S/C10H17NO/c1-5-11-9(2)7-6-8-10(3)12-4/h5-8,10-11H,1H2,2-4H3/b8-6-,9-7+. The van der Waals surface area contributed by atoms with Crippen molar-refractivity contribution in [2.45, 2.75) is 20.0 Å². The fraction of sp³-hybridized carbons (Fsp3) is 0.400. The van der Waals surface area contributed by atoms with E-state index < -0.39 is 0 Å². The number of ether oxygens (including phenoxy) is 1. The third-order valence-electron chi connectivity index (χ3n) is 1.43. The van der Waals surface area contributed by atoms with Crippen LogP contribution in [-0.2, 0) is 4.74 Å². The number of methoxy groups -OCH3 is 1. The van der Waals surface area contributed by atoms with Crippen LogP contribution < -0.4 is 5.32 Å². The lowest BCUT2D eigenvalue weighted by molar-refractivity contribution is 0.156. The summed E-state index contributed by atoms with van der Waals surface area (Å²) in [7, 11) is 1.69. The van der Waals surface area contributed by atoms with E-state index in [4.69, 9.17) is 4.74 Å². The van der Waals surface area contributed by atoms with Gasteiger partial charge in [-0.1, -0.05) is 18.7 Å².